The number of urea groups is 1. The molecule has 3 amide bonds. The van der Waals surface area contributed by atoms with E-state index in [0.29, 0.717) is 18.2 Å². The Kier molecular flexibility index (Phi) is 5.49. The minimum absolute atomic E-state index is 0.0343. The minimum Gasteiger partial charge on any atom is -0.352 e. The van der Waals surface area contributed by atoms with Gasteiger partial charge in [-0.05, 0) is 19.3 Å². The first-order chi connectivity index (χ1) is 10.1. The summed E-state index contributed by atoms with van der Waals surface area (Å²) >= 11 is 1.41. The molecule has 0 aliphatic carbocycles. The normalized spacial score (nSPS) is 18.4. The molecule has 1 aliphatic heterocycles. The van der Waals surface area contributed by atoms with Crippen LogP contribution >= 0.6 is 11.3 Å². The molecule has 0 aromatic carbocycles. The summed E-state index contributed by atoms with van der Waals surface area (Å²) in [5, 5.41) is 15.1. The molecule has 1 aromatic rings. The lowest BCUT2D eigenvalue weighted by Gasteiger charge is -2.32. The number of rotatable bonds is 4. The molecule has 7 nitrogen and oxygen atoms in total. The molecule has 21 heavy (non-hydrogen) atoms. The van der Waals surface area contributed by atoms with Gasteiger partial charge < -0.3 is 10.2 Å². The Labute approximate surface area is 128 Å². The maximum Gasteiger partial charge on any atom is 0.323 e. The maximum absolute atomic E-state index is 12.2. The summed E-state index contributed by atoms with van der Waals surface area (Å²) in [7, 11) is 0. The Bertz CT molecular complexity index is 505. The second kappa shape index (κ2) is 7.35. The molecule has 0 spiro atoms. The van der Waals surface area contributed by atoms with E-state index in [0.717, 1.165) is 30.7 Å². The van der Waals surface area contributed by atoms with Crippen molar-refractivity contribution < 1.29 is 9.59 Å². The second-order valence-electron chi connectivity index (χ2n) is 5.17. The maximum atomic E-state index is 12.2. The van der Waals surface area contributed by atoms with E-state index >= 15 is 0 Å². The molecule has 2 rings (SSSR count). The average Bonchev–Trinajstić information content (AvgIpc) is 2.86. The minimum atomic E-state index is -0.177. The third kappa shape index (κ3) is 4.66. The summed E-state index contributed by atoms with van der Waals surface area (Å²) in [5.74, 6) is -0.0596. The molecule has 1 aliphatic rings. The average molecular weight is 311 g/mol. The quantitative estimate of drug-likeness (QED) is 0.884. The molecule has 1 saturated heterocycles. The highest BCUT2D eigenvalue weighted by Gasteiger charge is 2.24. The largest absolute Gasteiger partial charge is 0.352 e. The molecule has 1 fully saturated rings. The van der Waals surface area contributed by atoms with Crippen molar-refractivity contribution in [3.8, 4) is 0 Å². The van der Waals surface area contributed by atoms with Crippen molar-refractivity contribution in [3.63, 3.8) is 0 Å². The van der Waals surface area contributed by atoms with Gasteiger partial charge in [0.15, 0.2) is 0 Å². The van der Waals surface area contributed by atoms with Crippen LogP contribution in [-0.2, 0) is 11.2 Å². The number of amides is 3. The zero-order chi connectivity index (χ0) is 15.2. The second-order valence-corrected chi connectivity index (χ2v) is 6.23. The van der Waals surface area contributed by atoms with Crippen LogP contribution in [-0.4, -0.2) is 46.2 Å². The molecule has 116 valence electrons. The molecule has 1 aromatic heterocycles. The van der Waals surface area contributed by atoms with Crippen molar-refractivity contribution in [2.75, 3.05) is 18.4 Å². The van der Waals surface area contributed by atoms with Gasteiger partial charge in [0.1, 0.15) is 5.01 Å². The predicted molar refractivity (Wildman–Crippen MR) is 81.3 cm³/mol. The van der Waals surface area contributed by atoms with Gasteiger partial charge in [-0.15, -0.1) is 10.2 Å². The molecule has 0 unspecified atom stereocenters. The van der Waals surface area contributed by atoms with Gasteiger partial charge in [0.05, 0.1) is 0 Å². The fraction of sp³-hybridized carbons (Fsp3) is 0.692. The van der Waals surface area contributed by atoms with Crippen LogP contribution in [0.4, 0.5) is 9.93 Å². The van der Waals surface area contributed by atoms with Crippen LogP contribution in [0.15, 0.2) is 0 Å². The molecular formula is C13H21N5O2S. The van der Waals surface area contributed by atoms with Gasteiger partial charge in [-0.2, -0.15) is 0 Å². The molecule has 2 heterocycles. The van der Waals surface area contributed by atoms with Gasteiger partial charge >= 0.3 is 6.03 Å². The lowest BCUT2D eigenvalue weighted by atomic mass is 10.1. The monoisotopic (exact) mass is 311 g/mol. The summed E-state index contributed by atoms with van der Waals surface area (Å²) < 4.78 is 0. The van der Waals surface area contributed by atoms with Crippen molar-refractivity contribution in [2.45, 2.75) is 45.6 Å². The molecule has 0 radical (unpaired) electrons. The Morgan fingerprint density at radius 3 is 2.95 bits per heavy atom. The molecule has 2 N–H and O–H groups in total. The first kappa shape index (κ1) is 15.7. The number of piperidine rings is 1. The van der Waals surface area contributed by atoms with Crippen LogP contribution in [0.2, 0.25) is 0 Å². The number of hydrogen-bond acceptors (Lipinski definition) is 5. The van der Waals surface area contributed by atoms with Crippen molar-refractivity contribution in [1.82, 2.24) is 20.4 Å². The van der Waals surface area contributed by atoms with E-state index in [-0.39, 0.29) is 18.0 Å². The number of nitrogens with one attached hydrogen (secondary N) is 2. The Morgan fingerprint density at radius 2 is 2.24 bits per heavy atom. The number of carbonyl (C=O) groups excluding carboxylic acids is 2. The zero-order valence-electron chi connectivity index (χ0n) is 12.4. The number of carbonyl (C=O) groups is 2. The Hall–Kier alpha value is -1.70. The number of aromatic nitrogens is 2. The van der Waals surface area contributed by atoms with Gasteiger partial charge in [-0.1, -0.05) is 18.3 Å². The van der Waals surface area contributed by atoms with Crippen molar-refractivity contribution in [3.05, 3.63) is 5.01 Å². The highest BCUT2D eigenvalue weighted by atomic mass is 32.1. The fourth-order valence-electron chi connectivity index (χ4n) is 2.36. The summed E-state index contributed by atoms with van der Waals surface area (Å²) in [6.07, 6.45) is 3.67. The topological polar surface area (TPSA) is 87.2 Å². The van der Waals surface area contributed by atoms with Crippen LogP contribution in [0, 0.1) is 0 Å². The van der Waals surface area contributed by atoms with Crippen molar-refractivity contribution >= 4 is 28.4 Å². The Morgan fingerprint density at radius 1 is 1.43 bits per heavy atom. The van der Waals surface area contributed by atoms with Crippen LogP contribution in [0.3, 0.4) is 0 Å². The molecular weight excluding hydrogens is 290 g/mol. The SMILES string of the molecule is CCCc1nnc(NC(=O)N2CCC[C@@H](NC(C)=O)C2)s1. The predicted octanol–water partition coefficient (Wildman–Crippen LogP) is 1.62. The summed E-state index contributed by atoms with van der Waals surface area (Å²) in [6, 6.07) is -0.142. The first-order valence-corrected chi connectivity index (χ1v) is 8.05. The lowest BCUT2D eigenvalue weighted by Crippen LogP contribution is -2.50. The van der Waals surface area contributed by atoms with Gasteiger partial charge in [-0.25, -0.2) is 4.79 Å². The first-order valence-electron chi connectivity index (χ1n) is 7.24. The van der Waals surface area contributed by atoms with E-state index in [2.05, 4.69) is 27.8 Å². The zero-order valence-corrected chi connectivity index (χ0v) is 13.2. The van der Waals surface area contributed by atoms with Crippen LogP contribution in [0.1, 0.15) is 38.1 Å². The van der Waals surface area contributed by atoms with Gasteiger partial charge in [0, 0.05) is 32.5 Å². The van der Waals surface area contributed by atoms with E-state index in [9.17, 15) is 9.59 Å². The summed E-state index contributed by atoms with van der Waals surface area (Å²) in [5.41, 5.74) is 0. The molecule has 1 atom stereocenters. The standard InChI is InChI=1S/C13H21N5O2S/c1-3-5-11-16-17-12(21-11)15-13(20)18-7-4-6-10(8-18)14-9(2)19/h10H,3-8H2,1-2H3,(H,14,19)(H,15,17,20)/t10-/m1/s1. The van der Waals surface area contributed by atoms with Gasteiger partial charge in [0.25, 0.3) is 0 Å². The van der Waals surface area contributed by atoms with Crippen LogP contribution in [0.25, 0.3) is 0 Å². The highest BCUT2D eigenvalue weighted by molar-refractivity contribution is 7.15. The third-order valence-corrected chi connectivity index (χ3v) is 4.16. The van der Waals surface area contributed by atoms with E-state index in [4.69, 9.17) is 0 Å². The third-order valence-electron chi connectivity index (χ3n) is 3.26. The van der Waals surface area contributed by atoms with E-state index in [1.807, 2.05) is 0 Å². The lowest BCUT2D eigenvalue weighted by molar-refractivity contribution is -0.119. The molecule has 8 heteroatoms. The summed E-state index contributed by atoms with van der Waals surface area (Å²) in [4.78, 5) is 25.0. The van der Waals surface area contributed by atoms with Crippen molar-refractivity contribution in [1.29, 1.82) is 0 Å². The number of nitrogens with zero attached hydrogens (tertiary/aromatic N) is 3. The fourth-order valence-corrected chi connectivity index (χ4v) is 3.19. The smallest absolute Gasteiger partial charge is 0.323 e. The van der Waals surface area contributed by atoms with E-state index in [1.165, 1.54) is 18.3 Å². The van der Waals surface area contributed by atoms with Gasteiger partial charge in [0.2, 0.25) is 11.0 Å². The van der Waals surface area contributed by atoms with E-state index in [1.54, 1.807) is 4.90 Å². The van der Waals surface area contributed by atoms with Gasteiger partial charge in [-0.3, -0.25) is 10.1 Å². The number of anilines is 1. The molecule has 0 bridgehead atoms. The van der Waals surface area contributed by atoms with Crippen molar-refractivity contribution in [2.24, 2.45) is 0 Å². The van der Waals surface area contributed by atoms with Crippen LogP contribution < -0.4 is 10.6 Å². The number of aryl methyl sites for hydroxylation is 1. The number of likely N-dealkylation sites (tertiary alicyclic amines) is 1. The van der Waals surface area contributed by atoms with E-state index < -0.39 is 0 Å². The van der Waals surface area contributed by atoms with Crippen LogP contribution in [0.5, 0.6) is 0 Å². The summed E-state index contributed by atoms with van der Waals surface area (Å²) in [6.45, 7) is 4.81. The number of hydrogen-bond donors (Lipinski definition) is 2. The highest BCUT2D eigenvalue weighted by Crippen LogP contribution is 2.18. The molecule has 0 saturated carbocycles. The Balaban J connectivity index is 1.88.